The van der Waals surface area contributed by atoms with E-state index in [2.05, 4.69) is 25.5 Å². The number of hydrogen-bond acceptors (Lipinski definition) is 4. The van der Waals surface area contributed by atoms with E-state index in [4.69, 9.17) is 0 Å². The molecule has 0 unspecified atom stereocenters. The molecule has 7 nitrogen and oxygen atoms in total. The van der Waals surface area contributed by atoms with Gasteiger partial charge in [-0.25, -0.2) is 10.1 Å². The highest BCUT2D eigenvalue weighted by molar-refractivity contribution is 6.04. The standard InChI is InChI=1S/C10H11N5O2/c1-5-6(2)14-15-9(17)7(5)8(16)13-10-11-3-4-12-10/h3-4H,1-2H3,(H,15,17)(H2,11,12,13,16). The largest absolute Gasteiger partial charge is 0.331 e. The van der Waals surface area contributed by atoms with E-state index >= 15 is 0 Å². The lowest BCUT2D eigenvalue weighted by molar-refractivity contribution is 0.102. The molecule has 0 bridgehead atoms. The minimum atomic E-state index is -0.517. The average molecular weight is 233 g/mol. The Morgan fingerprint density at radius 2 is 2.18 bits per heavy atom. The molecule has 2 heterocycles. The third-order valence-electron chi connectivity index (χ3n) is 2.43. The van der Waals surface area contributed by atoms with Gasteiger partial charge in [-0.05, 0) is 19.4 Å². The van der Waals surface area contributed by atoms with Crippen molar-refractivity contribution in [1.82, 2.24) is 20.2 Å². The third kappa shape index (κ3) is 2.07. The molecular formula is C10H11N5O2. The molecule has 2 aromatic rings. The molecule has 0 fully saturated rings. The summed E-state index contributed by atoms with van der Waals surface area (Å²) in [5, 5.41) is 8.54. The number of H-pyrrole nitrogens is 2. The third-order valence-corrected chi connectivity index (χ3v) is 2.43. The van der Waals surface area contributed by atoms with Crippen molar-refractivity contribution < 1.29 is 4.79 Å². The molecule has 0 atom stereocenters. The number of amides is 1. The first-order valence-corrected chi connectivity index (χ1v) is 4.96. The van der Waals surface area contributed by atoms with Gasteiger partial charge in [0.2, 0.25) is 5.95 Å². The summed E-state index contributed by atoms with van der Waals surface area (Å²) in [4.78, 5) is 30.0. The Hall–Kier alpha value is -2.44. The van der Waals surface area contributed by atoms with Crippen molar-refractivity contribution in [3.63, 3.8) is 0 Å². The lowest BCUT2D eigenvalue weighted by Crippen LogP contribution is -2.26. The molecule has 0 aliphatic carbocycles. The first kappa shape index (κ1) is 11.1. The van der Waals surface area contributed by atoms with Gasteiger partial charge in [0.25, 0.3) is 11.5 Å². The number of aryl methyl sites for hydroxylation is 1. The number of aromatic nitrogens is 4. The number of nitrogens with one attached hydrogen (secondary N) is 3. The van der Waals surface area contributed by atoms with Crippen LogP contribution in [-0.2, 0) is 0 Å². The van der Waals surface area contributed by atoms with Gasteiger partial charge in [0.1, 0.15) is 5.56 Å². The highest BCUT2D eigenvalue weighted by Crippen LogP contribution is 2.07. The van der Waals surface area contributed by atoms with Crippen LogP contribution in [0.2, 0.25) is 0 Å². The van der Waals surface area contributed by atoms with Crippen molar-refractivity contribution in [2.45, 2.75) is 13.8 Å². The number of anilines is 1. The van der Waals surface area contributed by atoms with Crippen LogP contribution in [0.5, 0.6) is 0 Å². The maximum absolute atomic E-state index is 11.9. The fourth-order valence-corrected chi connectivity index (χ4v) is 1.40. The van der Waals surface area contributed by atoms with Gasteiger partial charge in [-0.2, -0.15) is 5.10 Å². The average Bonchev–Trinajstić information content (AvgIpc) is 2.77. The number of aromatic amines is 2. The second-order valence-corrected chi connectivity index (χ2v) is 3.53. The Kier molecular flexibility index (Phi) is 2.73. The quantitative estimate of drug-likeness (QED) is 0.696. The smallest absolute Gasteiger partial charge is 0.277 e. The number of rotatable bonds is 2. The van der Waals surface area contributed by atoms with E-state index in [-0.39, 0.29) is 5.56 Å². The summed E-state index contributed by atoms with van der Waals surface area (Å²) in [6.07, 6.45) is 3.08. The van der Waals surface area contributed by atoms with Gasteiger partial charge in [-0.15, -0.1) is 0 Å². The predicted octanol–water partition coefficient (Wildman–Crippen LogP) is 0.362. The van der Waals surface area contributed by atoms with Gasteiger partial charge >= 0.3 is 0 Å². The number of carbonyl (C=O) groups is 1. The Morgan fingerprint density at radius 1 is 1.41 bits per heavy atom. The molecule has 0 aliphatic rings. The maximum atomic E-state index is 11.9. The summed E-state index contributed by atoms with van der Waals surface area (Å²) < 4.78 is 0. The van der Waals surface area contributed by atoms with E-state index in [1.807, 2.05) is 0 Å². The molecule has 1 amide bonds. The van der Waals surface area contributed by atoms with Gasteiger partial charge in [0.05, 0.1) is 5.69 Å². The van der Waals surface area contributed by atoms with Crippen molar-refractivity contribution in [3.8, 4) is 0 Å². The number of imidazole rings is 1. The van der Waals surface area contributed by atoms with Crippen molar-refractivity contribution in [3.05, 3.63) is 39.6 Å². The second kappa shape index (κ2) is 4.20. The van der Waals surface area contributed by atoms with E-state index < -0.39 is 11.5 Å². The summed E-state index contributed by atoms with van der Waals surface area (Å²) >= 11 is 0. The van der Waals surface area contributed by atoms with Crippen LogP contribution >= 0.6 is 0 Å². The number of nitrogens with zero attached hydrogens (tertiary/aromatic N) is 2. The molecule has 0 saturated carbocycles. The zero-order chi connectivity index (χ0) is 12.4. The molecule has 0 spiro atoms. The van der Waals surface area contributed by atoms with E-state index in [1.165, 1.54) is 6.20 Å². The summed E-state index contributed by atoms with van der Waals surface area (Å²) in [6, 6.07) is 0. The Balaban J connectivity index is 2.38. The maximum Gasteiger partial charge on any atom is 0.277 e. The molecule has 2 aromatic heterocycles. The fourth-order valence-electron chi connectivity index (χ4n) is 1.40. The lowest BCUT2D eigenvalue weighted by Gasteiger charge is -2.05. The molecule has 17 heavy (non-hydrogen) atoms. The predicted molar refractivity (Wildman–Crippen MR) is 60.9 cm³/mol. The van der Waals surface area contributed by atoms with E-state index in [0.717, 1.165) is 0 Å². The zero-order valence-electron chi connectivity index (χ0n) is 9.37. The number of carbonyl (C=O) groups excluding carboxylic acids is 1. The summed E-state index contributed by atoms with van der Waals surface area (Å²) in [5.41, 5.74) is 0.693. The molecule has 0 radical (unpaired) electrons. The fraction of sp³-hybridized carbons (Fsp3) is 0.200. The van der Waals surface area contributed by atoms with Gasteiger partial charge in [-0.3, -0.25) is 14.9 Å². The highest BCUT2D eigenvalue weighted by Gasteiger charge is 2.16. The molecule has 0 saturated heterocycles. The van der Waals surface area contributed by atoms with Crippen molar-refractivity contribution in [2.75, 3.05) is 5.32 Å². The topological polar surface area (TPSA) is 104 Å². The van der Waals surface area contributed by atoms with Crippen LogP contribution < -0.4 is 10.9 Å². The van der Waals surface area contributed by atoms with Gasteiger partial charge in [-0.1, -0.05) is 0 Å². The monoisotopic (exact) mass is 233 g/mol. The summed E-state index contributed by atoms with van der Waals surface area (Å²) in [6.45, 7) is 3.39. The van der Waals surface area contributed by atoms with Crippen LogP contribution in [0.4, 0.5) is 5.95 Å². The van der Waals surface area contributed by atoms with Crippen molar-refractivity contribution >= 4 is 11.9 Å². The van der Waals surface area contributed by atoms with E-state index in [9.17, 15) is 9.59 Å². The molecule has 3 N–H and O–H groups in total. The summed E-state index contributed by atoms with van der Waals surface area (Å²) in [7, 11) is 0. The molecular weight excluding hydrogens is 222 g/mol. The van der Waals surface area contributed by atoms with Crippen molar-refractivity contribution in [2.24, 2.45) is 0 Å². The SMILES string of the molecule is Cc1n[nH]c(=O)c(C(=O)Nc2ncc[nH]2)c1C. The van der Waals surface area contributed by atoms with Crippen LogP contribution in [0.1, 0.15) is 21.6 Å². The minimum Gasteiger partial charge on any atom is -0.331 e. The molecule has 0 aliphatic heterocycles. The normalized spacial score (nSPS) is 10.2. The molecule has 7 heteroatoms. The van der Waals surface area contributed by atoms with Crippen LogP contribution in [0.3, 0.4) is 0 Å². The Bertz CT molecular complexity index is 600. The van der Waals surface area contributed by atoms with Gasteiger partial charge < -0.3 is 4.98 Å². The first-order valence-electron chi connectivity index (χ1n) is 4.96. The lowest BCUT2D eigenvalue weighted by atomic mass is 10.1. The summed E-state index contributed by atoms with van der Waals surface area (Å²) in [5.74, 6) is -0.215. The number of hydrogen-bond donors (Lipinski definition) is 3. The Labute approximate surface area is 96.3 Å². The van der Waals surface area contributed by atoms with Gasteiger partial charge in [0.15, 0.2) is 0 Å². The molecule has 2 rings (SSSR count). The van der Waals surface area contributed by atoms with E-state index in [0.29, 0.717) is 17.2 Å². The Morgan fingerprint density at radius 3 is 2.82 bits per heavy atom. The van der Waals surface area contributed by atoms with E-state index in [1.54, 1.807) is 20.0 Å². The van der Waals surface area contributed by atoms with Crippen LogP contribution in [0.25, 0.3) is 0 Å². The molecule has 0 aromatic carbocycles. The molecule has 88 valence electrons. The van der Waals surface area contributed by atoms with Crippen molar-refractivity contribution in [1.29, 1.82) is 0 Å². The highest BCUT2D eigenvalue weighted by atomic mass is 16.2. The second-order valence-electron chi connectivity index (χ2n) is 3.53. The van der Waals surface area contributed by atoms with Crippen LogP contribution in [-0.4, -0.2) is 26.1 Å². The first-order chi connectivity index (χ1) is 8.09. The van der Waals surface area contributed by atoms with Crippen LogP contribution in [0.15, 0.2) is 17.2 Å². The van der Waals surface area contributed by atoms with Gasteiger partial charge in [0, 0.05) is 12.4 Å². The minimum absolute atomic E-state index is 0.0499. The zero-order valence-corrected chi connectivity index (χ0v) is 9.37. The van der Waals surface area contributed by atoms with Crippen LogP contribution in [0, 0.1) is 13.8 Å².